The number of benzene rings is 1. The molecule has 20 heavy (non-hydrogen) atoms. The van der Waals surface area contributed by atoms with E-state index in [4.69, 9.17) is 4.74 Å². The molecule has 2 aromatic rings. The number of aryl methyl sites for hydroxylation is 1. The number of carbonyl (C=O) groups is 1. The normalized spacial score (nSPS) is 11.9. The van der Waals surface area contributed by atoms with Gasteiger partial charge in [-0.05, 0) is 47.5 Å². The third-order valence-electron chi connectivity index (χ3n) is 2.84. The summed E-state index contributed by atoms with van der Waals surface area (Å²) in [6.07, 6.45) is 3.44. The van der Waals surface area contributed by atoms with Crippen molar-refractivity contribution in [1.82, 2.24) is 15.5 Å². The first-order chi connectivity index (χ1) is 9.56. The van der Waals surface area contributed by atoms with Gasteiger partial charge in [-0.3, -0.25) is 9.89 Å². The van der Waals surface area contributed by atoms with E-state index in [0.29, 0.717) is 5.75 Å². The van der Waals surface area contributed by atoms with Gasteiger partial charge in [-0.1, -0.05) is 6.07 Å². The molecule has 2 N–H and O–H groups in total. The van der Waals surface area contributed by atoms with E-state index >= 15 is 0 Å². The Kier molecular flexibility index (Phi) is 4.79. The molecule has 0 spiro atoms. The Bertz CT molecular complexity index is 584. The number of aromatic amines is 1. The van der Waals surface area contributed by atoms with Gasteiger partial charge in [0.2, 0.25) is 0 Å². The minimum absolute atomic E-state index is 0.0240. The molecule has 0 saturated carbocycles. The first kappa shape index (κ1) is 14.6. The van der Waals surface area contributed by atoms with Crippen molar-refractivity contribution in [2.75, 3.05) is 6.61 Å². The number of amides is 1. The van der Waals surface area contributed by atoms with E-state index in [0.717, 1.165) is 15.6 Å². The van der Waals surface area contributed by atoms with Crippen LogP contribution in [0.25, 0.3) is 0 Å². The van der Waals surface area contributed by atoms with Gasteiger partial charge < -0.3 is 10.1 Å². The number of halogens is 1. The number of ether oxygens (including phenoxy) is 1. The van der Waals surface area contributed by atoms with Crippen molar-refractivity contribution in [2.24, 2.45) is 0 Å². The Morgan fingerprint density at radius 3 is 3.00 bits per heavy atom. The van der Waals surface area contributed by atoms with Gasteiger partial charge in [0.25, 0.3) is 5.91 Å². The van der Waals surface area contributed by atoms with Gasteiger partial charge in [0.1, 0.15) is 5.75 Å². The van der Waals surface area contributed by atoms with E-state index in [1.807, 2.05) is 32.0 Å². The second-order valence-electron chi connectivity index (χ2n) is 4.54. The molecule has 0 aliphatic heterocycles. The second-order valence-corrected chi connectivity index (χ2v) is 5.40. The lowest BCUT2D eigenvalue weighted by atomic mass is 10.2. The zero-order valence-electron chi connectivity index (χ0n) is 11.3. The fourth-order valence-corrected chi connectivity index (χ4v) is 2.34. The smallest absolute Gasteiger partial charge is 0.258 e. The summed E-state index contributed by atoms with van der Waals surface area (Å²) >= 11 is 3.41. The van der Waals surface area contributed by atoms with Crippen molar-refractivity contribution >= 4 is 21.8 Å². The summed E-state index contributed by atoms with van der Waals surface area (Å²) < 4.78 is 6.33. The Morgan fingerprint density at radius 2 is 2.35 bits per heavy atom. The molecule has 0 aliphatic rings. The molecule has 6 heteroatoms. The molecular weight excluding hydrogens is 322 g/mol. The van der Waals surface area contributed by atoms with E-state index in [1.165, 1.54) is 0 Å². The van der Waals surface area contributed by atoms with Crippen LogP contribution in [0.5, 0.6) is 5.75 Å². The summed E-state index contributed by atoms with van der Waals surface area (Å²) in [5, 5.41) is 9.41. The third-order valence-corrected chi connectivity index (χ3v) is 3.46. The number of carbonyl (C=O) groups excluding carboxylic acids is 1. The molecule has 2 rings (SSSR count). The number of H-pyrrole nitrogens is 1. The van der Waals surface area contributed by atoms with Crippen LogP contribution in [-0.4, -0.2) is 22.7 Å². The van der Waals surface area contributed by atoms with Crippen molar-refractivity contribution < 1.29 is 9.53 Å². The number of rotatable bonds is 5. The Hall–Kier alpha value is -1.82. The molecule has 1 aromatic carbocycles. The van der Waals surface area contributed by atoms with Gasteiger partial charge in [0.05, 0.1) is 16.7 Å². The summed E-state index contributed by atoms with van der Waals surface area (Å²) in [6.45, 7) is 3.86. The number of nitrogens with one attached hydrogen (secondary N) is 2. The van der Waals surface area contributed by atoms with Gasteiger partial charge in [-0.2, -0.15) is 5.10 Å². The maximum absolute atomic E-state index is 11.8. The zero-order valence-corrected chi connectivity index (χ0v) is 12.9. The molecule has 0 saturated heterocycles. The Labute approximate surface area is 125 Å². The van der Waals surface area contributed by atoms with E-state index in [1.54, 1.807) is 12.4 Å². The lowest BCUT2D eigenvalue weighted by Crippen LogP contribution is -2.31. The van der Waals surface area contributed by atoms with Crippen LogP contribution in [0.3, 0.4) is 0 Å². The van der Waals surface area contributed by atoms with Crippen LogP contribution in [-0.2, 0) is 4.79 Å². The van der Waals surface area contributed by atoms with Gasteiger partial charge in [-0.15, -0.1) is 0 Å². The monoisotopic (exact) mass is 337 g/mol. The quantitative estimate of drug-likeness (QED) is 0.881. The molecule has 0 aliphatic carbocycles. The molecule has 0 radical (unpaired) electrons. The Balaban J connectivity index is 1.86. The average Bonchev–Trinajstić information content (AvgIpc) is 2.91. The van der Waals surface area contributed by atoms with Gasteiger partial charge in [-0.25, -0.2) is 0 Å². The minimum Gasteiger partial charge on any atom is -0.483 e. The highest BCUT2D eigenvalue weighted by atomic mass is 79.9. The highest BCUT2D eigenvalue weighted by molar-refractivity contribution is 9.10. The fourth-order valence-electron chi connectivity index (χ4n) is 1.73. The summed E-state index contributed by atoms with van der Waals surface area (Å²) in [5.74, 6) is 0.480. The molecule has 106 valence electrons. The minimum atomic E-state index is -0.175. The largest absolute Gasteiger partial charge is 0.483 e. The van der Waals surface area contributed by atoms with Gasteiger partial charge in [0, 0.05) is 11.8 Å². The third kappa shape index (κ3) is 3.84. The number of aromatic nitrogens is 2. The van der Waals surface area contributed by atoms with Gasteiger partial charge in [0.15, 0.2) is 6.61 Å². The summed E-state index contributed by atoms with van der Waals surface area (Å²) in [5.41, 5.74) is 2.05. The topological polar surface area (TPSA) is 67.0 Å². The maximum Gasteiger partial charge on any atom is 0.258 e. The lowest BCUT2D eigenvalue weighted by molar-refractivity contribution is -0.123. The molecule has 1 atom stereocenters. The predicted octanol–water partition coefficient (Wildman–Crippen LogP) is 2.74. The van der Waals surface area contributed by atoms with E-state index < -0.39 is 0 Å². The van der Waals surface area contributed by atoms with Crippen molar-refractivity contribution in [3.05, 3.63) is 46.2 Å². The molecule has 0 bridgehead atoms. The highest BCUT2D eigenvalue weighted by Crippen LogP contribution is 2.25. The predicted molar refractivity (Wildman–Crippen MR) is 79.5 cm³/mol. The van der Waals surface area contributed by atoms with Crippen LogP contribution in [0.1, 0.15) is 24.1 Å². The molecule has 1 amide bonds. The molecule has 5 nitrogen and oxygen atoms in total. The SMILES string of the molecule is Cc1ccc(OCC(=O)NC(C)c2cn[nH]c2)c(Br)c1. The van der Waals surface area contributed by atoms with Crippen molar-refractivity contribution in [3.63, 3.8) is 0 Å². The van der Waals surface area contributed by atoms with Crippen LogP contribution in [0, 0.1) is 6.92 Å². The van der Waals surface area contributed by atoms with Crippen molar-refractivity contribution in [2.45, 2.75) is 19.9 Å². The van der Waals surface area contributed by atoms with Crippen LogP contribution in [0.4, 0.5) is 0 Å². The molecule has 0 fully saturated rings. The molecule has 1 heterocycles. The van der Waals surface area contributed by atoms with Crippen LogP contribution in [0.2, 0.25) is 0 Å². The summed E-state index contributed by atoms with van der Waals surface area (Å²) in [6, 6.07) is 5.62. The summed E-state index contributed by atoms with van der Waals surface area (Å²) in [7, 11) is 0. The highest BCUT2D eigenvalue weighted by Gasteiger charge is 2.11. The van der Waals surface area contributed by atoms with E-state index in [-0.39, 0.29) is 18.6 Å². The Morgan fingerprint density at radius 1 is 1.55 bits per heavy atom. The van der Waals surface area contributed by atoms with Crippen LogP contribution < -0.4 is 10.1 Å². The molecule has 1 aromatic heterocycles. The van der Waals surface area contributed by atoms with Gasteiger partial charge >= 0.3 is 0 Å². The number of hydrogen-bond acceptors (Lipinski definition) is 3. The molecular formula is C14H16BrN3O2. The fraction of sp³-hybridized carbons (Fsp3) is 0.286. The number of hydrogen-bond donors (Lipinski definition) is 2. The average molecular weight is 338 g/mol. The first-order valence-corrected chi connectivity index (χ1v) is 7.02. The van der Waals surface area contributed by atoms with Crippen molar-refractivity contribution in [3.8, 4) is 5.75 Å². The standard InChI is InChI=1S/C14H16BrN3O2/c1-9-3-4-13(12(15)5-9)20-8-14(19)18-10(2)11-6-16-17-7-11/h3-7,10H,8H2,1-2H3,(H,16,17)(H,18,19). The van der Waals surface area contributed by atoms with Crippen molar-refractivity contribution in [1.29, 1.82) is 0 Å². The number of nitrogens with zero attached hydrogens (tertiary/aromatic N) is 1. The first-order valence-electron chi connectivity index (χ1n) is 6.23. The summed E-state index contributed by atoms with van der Waals surface area (Å²) in [4.78, 5) is 11.8. The van der Waals surface area contributed by atoms with Crippen LogP contribution >= 0.6 is 15.9 Å². The maximum atomic E-state index is 11.8. The zero-order chi connectivity index (χ0) is 14.5. The second kappa shape index (κ2) is 6.56. The van der Waals surface area contributed by atoms with E-state index in [2.05, 4.69) is 31.4 Å². The molecule has 1 unspecified atom stereocenters. The van der Waals surface area contributed by atoms with Crippen LogP contribution in [0.15, 0.2) is 35.1 Å². The van der Waals surface area contributed by atoms with E-state index in [9.17, 15) is 4.79 Å². The lowest BCUT2D eigenvalue weighted by Gasteiger charge is -2.13.